The van der Waals surface area contributed by atoms with E-state index in [0.29, 0.717) is 23.4 Å². The zero-order valence-corrected chi connectivity index (χ0v) is 19.2. The molecule has 0 aliphatic heterocycles. The number of aromatic amines is 1. The molecule has 5 aromatic rings. The molecule has 2 aromatic heterocycles. The predicted molar refractivity (Wildman–Crippen MR) is 133 cm³/mol. The first kappa shape index (κ1) is 21.8. The van der Waals surface area contributed by atoms with Crippen molar-refractivity contribution in [1.29, 1.82) is 0 Å². The number of para-hydroxylation sites is 1. The lowest BCUT2D eigenvalue weighted by Crippen LogP contribution is -2.22. The Bertz CT molecular complexity index is 1400. The molecule has 0 aliphatic carbocycles. The van der Waals surface area contributed by atoms with Crippen LogP contribution in [0.5, 0.6) is 5.75 Å². The van der Waals surface area contributed by atoms with E-state index in [4.69, 9.17) is 9.15 Å². The molecule has 2 N–H and O–H groups in total. The van der Waals surface area contributed by atoms with Crippen molar-refractivity contribution in [2.24, 2.45) is 0 Å². The van der Waals surface area contributed by atoms with Gasteiger partial charge in [0.1, 0.15) is 12.4 Å². The van der Waals surface area contributed by atoms with Crippen LogP contribution in [0.4, 0.5) is 5.69 Å². The first-order valence-corrected chi connectivity index (χ1v) is 11.7. The molecule has 2 heterocycles. The molecule has 0 spiro atoms. The average Bonchev–Trinajstić information content (AvgIpc) is 3.51. The van der Waals surface area contributed by atoms with Crippen molar-refractivity contribution in [3.63, 3.8) is 0 Å². The van der Waals surface area contributed by atoms with Crippen molar-refractivity contribution in [1.82, 2.24) is 15.2 Å². The first-order valence-electron chi connectivity index (χ1n) is 10.8. The number of nitrogens with one attached hydrogen (secondary N) is 2. The molecule has 0 fully saturated rings. The third kappa shape index (κ3) is 4.97. The molecule has 1 unspecified atom stereocenters. The van der Waals surface area contributed by atoms with Crippen molar-refractivity contribution in [3.05, 3.63) is 90.6 Å². The van der Waals surface area contributed by atoms with Crippen LogP contribution in [0.1, 0.15) is 12.5 Å². The third-order valence-electron chi connectivity index (χ3n) is 5.24. The van der Waals surface area contributed by atoms with Crippen LogP contribution >= 0.6 is 11.8 Å². The largest absolute Gasteiger partial charge is 0.489 e. The maximum Gasteiger partial charge on any atom is 0.277 e. The number of hydrogen-bond acceptors (Lipinski definition) is 6. The Morgan fingerprint density at radius 2 is 1.79 bits per heavy atom. The van der Waals surface area contributed by atoms with Crippen molar-refractivity contribution in [2.75, 3.05) is 5.32 Å². The molecular weight excluding hydrogens is 448 g/mol. The summed E-state index contributed by atoms with van der Waals surface area (Å²) < 4.78 is 11.6. The molecular formula is C26H22N4O3S. The maximum atomic E-state index is 12.7. The van der Waals surface area contributed by atoms with Gasteiger partial charge >= 0.3 is 0 Å². The molecule has 1 amide bonds. The number of fused-ring (bicyclic) bond motifs is 1. The van der Waals surface area contributed by atoms with E-state index in [2.05, 4.69) is 20.5 Å². The van der Waals surface area contributed by atoms with Gasteiger partial charge in [-0.3, -0.25) is 4.79 Å². The highest BCUT2D eigenvalue weighted by Crippen LogP contribution is 2.31. The van der Waals surface area contributed by atoms with Crippen molar-refractivity contribution < 1.29 is 13.9 Å². The lowest BCUT2D eigenvalue weighted by molar-refractivity contribution is -0.115. The second kappa shape index (κ2) is 9.84. The van der Waals surface area contributed by atoms with E-state index in [1.807, 2.05) is 85.1 Å². The number of hydrogen-bond donors (Lipinski definition) is 2. The van der Waals surface area contributed by atoms with Crippen LogP contribution < -0.4 is 10.1 Å². The summed E-state index contributed by atoms with van der Waals surface area (Å²) in [5.41, 5.74) is 3.62. The molecule has 1 atom stereocenters. The Hall–Kier alpha value is -4.04. The molecule has 170 valence electrons. The maximum absolute atomic E-state index is 12.7. The van der Waals surface area contributed by atoms with E-state index in [-0.39, 0.29) is 5.91 Å². The molecule has 8 heteroatoms. The number of ether oxygens (including phenoxy) is 1. The normalized spacial score (nSPS) is 11.9. The Balaban J connectivity index is 1.16. The zero-order valence-electron chi connectivity index (χ0n) is 18.4. The summed E-state index contributed by atoms with van der Waals surface area (Å²) in [5.74, 6) is 0.994. The summed E-state index contributed by atoms with van der Waals surface area (Å²) in [6, 6.07) is 25.2. The van der Waals surface area contributed by atoms with Gasteiger partial charge in [-0.2, -0.15) is 0 Å². The highest BCUT2D eigenvalue weighted by atomic mass is 32.2. The number of amides is 1. The number of carbonyl (C=O) groups excluding carboxylic acids is 1. The van der Waals surface area contributed by atoms with E-state index in [1.54, 1.807) is 6.92 Å². The lowest BCUT2D eigenvalue weighted by Gasteiger charge is -2.11. The average molecular weight is 471 g/mol. The van der Waals surface area contributed by atoms with Gasteiger partial charge in [0.2, 0.25) is 5.91 Å². The fourth-order valence-electron chi connectivity index (χ4n) is 3.44. The molecule has 0 radical (unpaired) electrons. The molecule has 3 aromatic carbocycles. The van der Waals surface area contributed by atoms with Crippen LogP contribution in [0, 0.1) is 0 Å². The van der Waals surface area contributed by atoms with Gasteiger partial charge in [0.25, 0.3) is 11.1 Å². The molecule has 0 saturated carbocycles. The van der Waals surface area contributed by atoms with Gasteiger partial charge in [-0.25, -0.2) is 0 Å². The summed E-state index contributed by atoms with van der Waals surface area (Å²) in [6.07, 6.45) is 1.84. The van der Waals surface area contributed by atoms with E-state index < -0.39 is 5.25 Å². The van der Waals surface area contributed by atoms with Gasteiger partial charge in [-0.15, -0.1) is 10.2 Å². The molecule has 5 rings (SSSR count). The van der Waals surface area contributed by atoms with Crippen LogP contribution in [0.2, 0.25) is 0 Å². The first-order chi connectivity index (χ1) is 16.7. The number of H-pyrrole nitrogens is 1. The minimum Gasteiger partial charge on any atom is -0.489 e. The highest BCUT2D eigenvalue weighted by molar-refractivity contribution is 8.00. The highest BCUT2D eigenvalue weighted by Gasteiger charge is 2.20. The third-order valence-corrected chi connectivity index (χ3v) is 6.18. The number of thioether (sulfide) groups is 1. The summed E-state index contributed by atoms with van der Waals surface area (Å²) in [6.45, 7) is 2.29. The quantitative estimate of drug-likeness (QED) is 0.274. The van der Waals surface area contributed by atoms with Crippen molar-refractivity contribution in [2.45, 2.75) is 24.0 Å². The number of aromatic nitrogens is 3. The zero-order chi connectivity index (χ0) is 23.3. The summed E-state index contributed by atoms with van der Waals surface area (Å²) in [4.78, 5) is 15.9. The van der Waals surface area contributed by atoms with E-state index in [1.165, 1.54) is 11.8 Å². The molecule has 7 nitrogen and oxygen atoms in total. The molecule has 0 bridgehead atoms. The second-order valence-corrected chi connectivity index (χ2v) is 8.96. The molecule has 0 aliphatic rings. The standard InChI is InChI=1S/C26H22N4O3S/c1-17(34-26-30-29-25(33-26)22-15-27-23-10-6-5-9-21(22)23)24(31)28-19-11-13-20(14-12-19)32-16-18-7-3-2-4-8-18/h2-15,17,27H,16H2,1H3,(H,28,31). The number of benzene rings is 3. The van der Waals surface area contributed by atoms with E-state index in [0.717, 1.165) is 27.8 Å². The number of anilines is 1. The van der Waals surface area contributed by atoms with Crippen LogP contribution in [-0.4, -0.2) is 26.3 Å². The number of carbonyl (C=O) groups is 1. The molecule has 0 saturated heterocycles. The van der Waals surface area contributed by atoms with E-state index in [9.17, 15) is 4.79 Å². The van der Waals surface area contributed by atoms with Gasteiger partial charge < -0.3 is 19.5 Å². The minimum atomic E-state index is -0.426. The van der Waals surface area contributed by atoms with Crippen LogP contribution in [-0.2, 0) is 11.4 Å². The Morgan fingerprint density at radius 3 is 2.62 bits per heavy atom. The predicted octanol–water partition coefficient (Wildman–Crippen LogP) is 5.92. The topological polar surface area (TPSA) is 93.0 Å². The summed E-state index contributed by atoms with van der Waals surface area (Å²) in [5, 5.41) is 12.1. The van der Waals surface area contributed by atoms with Gasteiger partial charge in [0, 0.05) is 22.8 Å². The van der Waals surface area contributed by atoms with Gasteiger partial charge in [0.05, 0.1) is 10.8 Å². The monoisotopic (exact) mass is 470 g/mol. The van der Waals surface area contributed by atoms with Crippen LogP contribution in [0.15, 0.2) is 94.7 Å². The lowest BCUT2D eigenvalue weighted by atomic mass is 10.2. The summed E-state index contributed by atoms with van der Waals surface area (Å²) in [7, 11) is 0. The second-order valence-electron chi connectivity index (χ2n) is 7.67. The fourth-order valence-corrected chi connectivity index (χ4v) is 4.12. The van der Waals surface area contributed by atoms with Crippen molar-refractivity contribution >= 4 is 34.3 Å². The summed E-state index contributed by atoms with van der Waals surface area (Å²) >= 11 is 1.22. The van der Waals surface area contributed by atoms with Gasteiger partial charge in [0.15, 0.2) is 0 Å². The van der Waals surface area contributed by atoms with Gasteiger partial charge in [-0.1, -0.05) is 60.3 Å². The fraction of sp³-hybridized carbons (Fsp3) is 0.115. The van der Waals surface area contributed by atoms with Crippen LogP contribution in [0.25, 0.3) is 22.4 Å². The van der Waals surface area contributed by atoms with E-state index >= 15 is 0 Å². The number of rotatable bonds is 8. The Labute approximate surface area is 200 Å². The minimum absolute atomic E-state index is 0.158. The SMILES string of the molecule is CC(Sc1nnc(-c2c[nH]c3ccccc23)o1)C(=O)Nc1ccc(OCc2ccccc2)cc1. The van der Waals surface area contributed by atoms with Crippen LogP contribution in [0.3, 0.4) is 0 Å². The smallest absolute Gasteiger partial charge is 0.277 e. The molecule has 34 heavy (non-hydrogen) atoms. The Kier molecular flexibility index (Phi) is 6.31. The Morgan fingerprint density at radius 1 is 1.03 bits per heavy atom. The van der Waals surface area contributed by atoms with Gasteiger partial charge in [-0.05, 0) is 42.8 Å². The van der Waals surface area contributed by atoms with Crippen molar-refractivity contribution in [3.8, 4) is 17.2 Å². The number of nitrogens with zero attached hydrogens (tertiary/aromatic N) is 2.